The number of carbonyl (C=O) groups excluding carboxylic acids is 1. The van der Waals surface area contributed by atoms with Gasteiger partial charge in [0.25, 0.3) is 5.91 Å². The van der Waals surface area contributed by atoms with Gasteiger partial charge in [0.2, 0.25) is 0 Å². The van der Waals surface area contributed by atoms with E-state index in [0.717, 1.165) is 42.4 Å². The number of nitrogens with zero attached hydrogens (tertiary/aromatic N) is 2. The zero-order valence-electron chi connectivity index (χ0n) is 15.6. The lowest BCUT2D eigenvalue weighted by Gasteiger charge is -2.37. The van der Waals surface area contributed by atoms with Crippen molar-refractivity contribution in [3.63, 3.8) is 0 Å². The lowest BCUT2D eigenvalue weighted by atomic mass is 10.1. The fourth-order valence-corrected chi connectivity index (χ4v) is 3.38. The van der Waals surface area contributed by atoms with Crippen molar-refractivity contribution >= 4 is 28.8 Å². The number of benzene rings is 2. The maximum Gasteiger partial charge on any atom is 0.255 e. The molecule has 6 nitrogen and oxygen atoms in total. The number of carbonyl (C=O) groups is 1. The zero-order chi connectivity index (χ0) is 20.1. The smallest absolute Gasteiger partial charge is 0.255 e. The molecule has 1 aliphatic heterocycles. The lowest BCUT2D eigenvalue weighted by Crippen LogP contribution is -2.48. The highest BCUT2D eigenvalue weighted by Gasteiger charge is 2.21. The predicted molar refractivity (Wildman–Crippen MR) is 110 cm³/mol. The molecule has 1 fully saturated rings. The van der Waals surface area contributed by atoms with Gasteiger partial charge in [-0.25, -0.2) is 4.39 Å². The number of nitrogens with two attached hydrogens (primary N) is 1. The van der Waals surface area contributed by atoms with Gasteiger partial charge >= 0.3 is 0 Å². The molecule has 2 aromatic rings. The lowest BCUT2D eigenvalue weighted by molar-refractivity contribution is -0.119. The first-order valence-electron chi connectivity index (χ1n) is 8.87. The third-order valence-corrected chi connectivity index (χ3v) is 5.03. The first-order chi connectivity index (χ1) is 13.5. The van der Waals surface area contributed by atoms with Crippen LogP contribution in [0, 0.1) is 5.82 Å². The topological polar surface area (TPSA) is 68.0 Å². The van der Waals surface area contributed by atoms with Gasteiger partial charge in [-0.2, -0.15) is 0 Å². The summed E-state index contributed by atoms with van der Waals surface area (Å²) in [5, 5.41) is 0. The van der Waals surface area contributed by atoms with Crippen molar-refractivity contribution in [2.45, 2.75) is 0 Å². The van der Waals surface area contributed by atoms with Crippen LogP contribution in [0.2, 0.25) is 0 Å². The van der Waals surface area contributed by atoms with Crippen LogP contribution in [0.5, 0.6) is 11.5 Å². The van der Waals surface area contributed by atoms with Crippen LogP contribution < -0.4 is 20.1 Å². The monoisotopic (exact) mass is 403 g/mol. The number of ether oxygens (including phenoxy) is 2. The van der Waals surface area contributed by atoms with E-state index in [0.29, 0.717) is 11.5 Å². The summed E-state index contributed by atoms with van der Waals surface area (Å²) < 4.78 is 23.8. The highest BCUT2D eigenvalue weighted by molar-refractivity contribution is 7.80. The molecular formula is C20H22FN3O3S. The Labute approximate surface area is 168 Å². The minimum absolute atomic E-state index is 0.217. The van der Waals surface area contributed by atoms with Gasteiger partial charge in [-0.3, -0.25) is 4.79 Å². The van der Waals surface area contributed by atoms with Gasteiger partial charge in [-0.15, -0.1) is 0 Å². The number of anilines is 1. The quantitative estimate of drug-likeness (QED) is 0.746. The summed E-state index contributed by atoms with van der Waals surface area (Å²) in [6.45, 7) is 2.90. The molecule has 0 unspecified atom stereocenters. The highest BCUT2D eigenvalue weighted by atomic mass is 32.1. The van der Waals surface area contributed by atoms with Crippen molar-refractivity contribution in [1.82, 2.24) is 4.90 Å². The van der Waals surface area contributed by atoms with Crippen LogP contribution in [0.1, 0.15) is 5.56 Å². The van der Waals surface area contributed by atoms with E-state index in [9.17, 15) is 9.18 Å². The van der Waals surface area contributed by atoms with Crippen LogP contribution in [-0.4, -0.2) is 55.7 Å². The third-order valence-electron chi connectivity index (χ3n) is 4.54. The van der Waals surface area contributed by atoms with E-state index >= 15 is 0 Å². The van der Waals surface area contributed by atoms with E-state index in [1.54, 1.807) is 24.3 Å². The Morgan fingerprint density at radius 3 is 2.39 bits per heavy atom. The van der Waals surface area contributed by atoms with Gasteiger partial charge < -0.3 is 25.0 Å². The molecule has 0 atom stereocenters. The Kier molecular flexibility index (Phi) is 6.30. The number of halogens is 1. The summed E-state index contributed by atoms with van der Waals surface area (Å²) in [7, 11) is 1.53. The van der Waals surface area contributed by atoms with Crippen LogP contribution >= 0.6 is 12.2 Å². The van der Waals surface area contributed by atoms with E-state index in [-0.39, 0.29) is 12.4 Å². The van der Waals surface area contributed by atoms with E-state index in [2.05, 4.69) is 9.80 Å². The van der Waals surface area contributed by atoms with E-state index < -0.39 is 5.91 Å². The number of methoxy groups -OCH3 is 1. The molecule has 1 amide bonds. The van der Waals surface area contributed by atoms with Gasteiger partial charge in [0.05, 0.1) is 7.11 Å². The number of piperazine rings is 1. The van der Waals surface area contributed by atoms with Crippen LogP contribution in [0.25, 0.3) is 0 Å². The molecule has 2 aromatic carbocycles. The minimum Gasteiger partial charge on any atom is -0.493 e. The number of primary amides is 1. The maximum atomic E-state index is 13.1. The fraction of sp³-hybridized carbons (Fsp3) is 0.300. The third kappa shape index (κ3) is 4.69. The Balaban J connectivity index is 1.64. The summed E-state index contributed by atoms with van der Waals surface area (Å²) >= 11 is 5.66. The maximum absolute atomic E-state index is 13.1. The van der Waals surface area contributed by atoms with Crippen molar-refractivity contribution in [3.8, 4) is 11.5 Å². The molecule has 1 heterocycles. The molecule has 1 aliphatic rings. The highest BCUT2D eigenvalue weighted by Crippen LogP contribution is 2.29. The first kappa shape index (κ1) is 19.9. The van der Waals surface area contributed by atoms with Crippen molar-refractivity contribution in [2.24, 2.45) is 5.73 Å². The Morgan fingerprint density at radius 1 is 1.11 bits per heavy atom. The largest absolute Gasteiger partial charge is 0.493 e. The summed E-state index contributed by atoms with van der Waals surface area (Å²) in [4.78, 5) is 16.0. The summed E-state index contributed by atoms with van der Waals surface area (Å²) in [6, 6.07) is 11.9. The fourth-order valence-electron chi connectivity index (χ4n) is 3.07. The molecular weight excluding hydrogens is 381 g/mol. The Bertz CT molecular complexity index is 852. The van der Waals surface area contributed by atoms with E-state index in [1.165, 1.54) is 19.2 Å². The molecule has 3 rings (SSSR count). The molecule has 148 valence electrons. The van der Waals surface area contributed by atoms with Gasteiger partial charge in [-0.1, -0.05) is 12.2 Å². The van der Waals surface area contributed by atoms with Crippen LogP contribution in [0.4, 0.5) is 10.1 Å². The summed E-state index contributed by atoms with van der Waals surface area (Å²) in [5.74, 6) is 0.140. The van der Waals surface area contributed by atoms with Crippen molar-refractivity contribution < 1.29 is 18.7 Å². The SMILES string of the molecule is COc1cc(C(=S)N2CCN(c3ccc(F)cc3)CC2)ccc1OCC(N)=O. The van der Waals surface area contributed by atoms with Gasteiger partial charge in [-0.05, 0) is 42.5 Å². The zero-order valence-corrected chi connectivity index (χ0v) is 16.4. The normalized spacial score (nSPS) is 13.9. The number of amides is 1. The second-order valence-corrected chi connectivity index (χ2v) is 6.76. The van der Waals surface area contributed by atoms with E-state index in [1.807, 2.05) is 6.07 Å². The number of hydrogen-bond acceptors (Lipinski definition) is 5. The summed E-state index contributed by atoms with van der Waals surface area (Å²) in [6.07, 6.45) is 0. The molecule has 0 saturated carbocycles. The Hall–Kier alpha value is -2.87. The molecule has 0 aromatic heterocycles. The van der Waals surface area contributed by atoms with E-state index in [4.69, 9.17) is 27.4 Å². The van der Waals surface area contributed by atoms with Gasteiger partial charge in [0.1, 0.15) is 10.8 Å². The second-order valence-electron chi connectivity index (χ2n) is 6.38. The second kappa shape index (κ2) is 8.88. The average Bonchev–Trinajstić information content (AvgIpc) is 2.72. The molecule has 8 heteroatoms. The number of rotatable bonds is 6. The Morgan fingerprint density at radius 2 is 1.79 bits per heavy atom. The molecule has 28 heavy (non-hydrogen) atoms. The standard InChI is InChI=1S/C20H22FN3O3S/c1-26-18-12-14(2-7-17(18)27-13-19(22)25)20(28)24-10-8-23(9-11-24)16-5-3-15(21)4-6-16/h2-7,12H,8-11,13H2,1H3,(H2,22,25). The van der Waals surface area contributed by atoms with Gasteiger partial charge in [0, 0.05) is 37.4 Å². The number of thiocarbonyl (C=S) groups is 1. The van der Waals surface area contributed by atoms with Crippen molar-refractivity contribution in [3.05, 3.63) is 53.8 Å². The average molecular weight is 403 g/mol. The predicted octanol–water partition coefficient (Wildman–Crippen LogP) is 2.20. The molecule has 2 N–H and O–H groups in total. The molecule has 0 spiro atoms. The first-order valence-corrected chi connectivity index (χ1v) is 9.27. The number of hydrogen-bond donors (Lipinski definition) is 1. The molecule has 1 saturated heterocycles. The van der Waals surface area contributed by atoms with Gasteiger partial charge in [0.15, 0.2) is 18.1 Å². The van der Waals surface area contributed by atoms with Crippen LogP contribution in [0.3, 0.4) is 0 Å². The minimum atomic E-state index is -0.555. The molecule has 0 radical (unpaired) electrons. The van der Waals surface area contributed by atoms with Crippen molar-refractivity contribution in [2.75, 3.05) is 44.8 Å². The summed E-state index contributed by atoms with van der Waals surface area (Å²) in [5.41, 5.74) is 6.96. The molecule has 0 bridgehead atoms. The molecule has 0 aliphatic carbocycles. The van der Waals surface area contributed by atoms with Crippen LogP contribution in [0.15, 0.2) is 42.5 Å². The van der Waals surface area contributed by atoms with Crippen molar-refractivity contribution in [1.29, 1.82) is 0 Å². The van der Waals surface area contributed by atoms with Crippen LogP contribution in [-0.2, 0) is 4.79 Å².